The number of likely N-dealkylation sites (tertiary alicyclic amines) is 1. The van der Waals surface area contributed by atoms with Crippen LogP contribution >= 0.6 is 11.6 Å². The smallest absolute Gasteiger partial charge is 0.226 e. The van der Waals surface area contributed by atoms with Crippen LogP contribution in [0.1, 0.15) is 37.6 Å². The van der Waals surface area contributed by atoms with Gasteiger partial charge in [0.2, 0.25) is 5.89 Å². The highest BCUT2D eigenvalue weighted by Gasteiger charge is 2.21. The molecule has 0 saturated carbocycles. The maximum atomic E-state index is 5.92. The third-order valence-corrected chi connectivity index (χ3v) is 4.53. The molecule has 0 spiro atoms. The van der Waals surface area contributed by atoms with Gasteiger partial charge in [0.25, 0.3) is 0 Å². The van der Waals surface area contributed by atoms with Gasteiger partial charge in [-0.2, -0.15) is 0 Å². The number of nitrogens with zero attached hydrogens (tertiary/aromatic N) is 2. The van der Waals surface area contributed by atoms with Crippen molar-refractivity contribution in [1.82, 2.24) is 9.88 Å². The average molecular weight is 305 g/mol. The quantitative estimate of drug-likeness (QED) is 0.824. The maximum absolute atomic E-state index is 5.92. The Kier molecular flexibility index (Phi) is 4.32. The summed E-state index contributed by atoms with van der Waals surface area (Å²) in [7, 11) is 0. The number of benzene rings is 1. The fourth-order valence-corrected chi connectivity index (χ4v) is 3.00. The summed E-state index contributed by atoms with van der Waals surface area (Å²) in [5.41, 5.74) is 2.02. The number of halogens is 1. The van der Waals surface area contributed by atoms with E-state index in [-0.39, 0.29) is 0 Å². The Labute approximate surface area is 130 Å². The van der Waals surface area contributed by atoms with Crippen molar-refractivity contribution >= 4 is 11.6 Å². The van der Waals surface area contributed by atoms with E-state index in [0.29, 0.717) is 11.9 Å². The molecular weight excluding hydrogens is 284 g/mol. The van der Waals surface area contributed by atoms with Gasteiger partial charge in [0.15, 0.2) is 0 Å². The van der Waals surface area contributed by atoms with Crippen molar-refractivity contribution in [3.8, 4) is 11.5 Å². The Morgan fingerprint density at radius 3 is 2.76 bits per heavy atom. The Bertz CT molecular complexity index is 606. The van der Waals surface area contributed by atoms with Gasteiger partial charge >= 0.3 is 0 Å². The molecule has 0 N–H and O–H groups in total. The number of oxazole rings is 1. The molecule has 112 valence electrons. The van der Waals surface area contributed by atoms with Gasteiger partial charge in [-0.25, -0.2) is 4.98 Å². The van der Waals surface area contributed by atoms with Crippen LogP contribution in [-0.2, 0) is 6.54 Å². The molecule has 0 amide bonds. The summed E-state index contributed by atoms with van der Waals surface area (Å²) in [6.45, 7) is 6.33. The second kappa shape index (κ2) is 6.20. The highest BCUT2D eigenvalue weighted by atomic mass is 35.5. The topological polar surface area (TPSA) is 29.3 Å². The van der Waals surface area contributed by atoms with Crippen LogP contribution in [0, 0.1) is 6.92 Å². The molecule has 0 aliphatic carbocycles. The van der Waals surface area contributed by atoms with Crippen LogP contribution < -0.4 is 0 Å². The molecule has 1 aromatic heterocycles. The lowest BCUT2D eigenvalue weighted by molar-refractivity contribution is 0.150. The second-order valence-corrected chi connectivity index (χ2v) is 6.28. The van der Waals surface area contributed by atoms with E-state index in [4.69, 9.17) is 16.0 Å². The third-order valence-electron chi connectivity index (χ3n) is 4.28. The largest absolute Gasteiger partial charge is 0.441 e. The molecule has 2 aromatic rings. The Hall–Kier alpha value is -1.32. The van der Waals surface area contributed by atoms with Crippen LogP contribution in [-0.4, -0.2) is 22.5 Å². The SMILES string of the molecule is Cc1oc(-c2ccc(Cl)cc2)nc1CN1CCCCC1C. The van der Waals surface area contributed by atoms with E-state index in [1.807, 2.05) is 31.2 Å². The van der Waals surface area contributed by atoms with E-state index in [0.717, 1.165) is 35.1 Å². The highest BCUT2D eigenvalue weighted by molar-refractivity contribution is 6.30. The number of aromatic nitrogens is 1. The Balaban J connectivity index is 1.79. The predicted octanol–water partition coefficient (Wildman–Crippen LogP) is 4.68. The van der Waals surface area contributed by atoms with Crippen LogP contribution in [0.2, 0.25) is 5.02 Å². The molecular formula is C17H21ClN2O. The normalized spacial score (nSPS) is 19.9. The molecule has 1 aliphatic rings. The molecule has 1 atom stereocenters. The first-order chi connectivity index (χ1) is 10.1. The summed E-state index contributed by atoms with van der Waals surface area (Å²) in [5.74, 6) is 1.60. The first kappa shape index (κ1) is 14.6. The van der Waals surface area contributed by atoms with Crippen molar-refractivity contribution in [3.05, 3.63) is 40.7 Å². The number of hydrogen-bond acceptors (Lipinski definition) is 3. The molecule has 1 aliphatic heterocycles. The lowest BCUT2D eigenvalue weighted by atomic mass is 10.0. The van der Waals surface area contributed by atoms with E-state index in [1.165, 1.54) is 19.3 Å². The molecule has 4 heteroatoms. The van der Waals surface area contributed by atoms with Crippen molar-refractivity contribution in [3.63, 3.8) is 0 Å². The second-order valence-electron chi connectivity index (χ2n) is 5.84. The van der Waals surface area contributed by atoms with Crippen LogP contribution in [0.4, 0.5) is 0 Å². The summed E-state index contributed by atoms with van der Waals surface area (Å²) in [6, 6.07) is 8.25. The average Bonchev–Trinajstić information content (AvgIpc) is 2.83. The molecule has 1 saturated heterocycles. The maximum Gasteiger partial charge on any atom is 0.226 e. The molecule has 3 nitrogen and oxygen atoms in total. The monoisotopic (exact) mass is 304 g/mol. The van der Waals surface area contributed by atoms with Crippen molar-refractivity contribution in [2.24, 2.45) is 0 Å². The van der Waals surface area contributed by atoms with Crippen LogP contribution in [0.25, 0.3) is 11.5 Å². The molecule has 1 aromatic carbocycles. The fraction of sp³-hybridized carbons (Fsp3) is 0.471. The zero-order chi connectivity index (χ0) is 14.8. The molecule has 0 radical (unpaired) electrons. The summed E-state index contributed by atoms with van der Waals surface area (Å²) >= 11 is 5.92. The van der Waals surface area contributed by atoms with Crippen LogP contribution in [0.3, 0.4) is 0 Å². The highest BCUT2D eigenvalue weighted by Crippen LogP contribution is 2.25. The van der Waals surface area contributed by atoms with Crippen molar-refractivity contribution in [1.29, 1.82) is 0 Å². The summed E-state index contributed by atoms with van der Waals surface area (Å²) < 4.78 is 5.84. The zero-order valence-electron chi connectivity index (χ0n) is 12.6. The number of rotatable bonds is 3. The lowest BCUT2D eigenvalue weighted by Crippen LogP contribution is -2.37. The van der Waals surface area contributed by atoms with Gasteiger partial charge in [-0.05, 0) is 57.5 Å². The lowest BCUT2D eigenvalue weighted by Gasteiger charge is -2.32. The molecule has 1 fully saturated rings. The van der Waals surface area contributed by atoms with Gasteiger partial charge in [0.1, 0.15) is 5.76 Å². The van der Waals surface area contributed by atoms with E-state index >= 15 is 0 Å². The van der Waals surface area contributed by atoms with E-state index in [2.05, 4.69) is 16.8 Å². The van der Waals surface area contributed by atoms with E-state index < -0.39 is 0 Å². The van der Waals surface area contributed by atoms with Gasteiger partial charge in [-0.15, -0.1) is 0 Å². The van der Waals surface area contributed by atoms with E-state index in [9.17, 15) is 0 Å². The minimum atomic E-state index is 0.633. The summed E-state index contributed by atoms with van der Waals surface area (Å²) in [5, 5.41) is 0.726. The molecule has 3 rings (SSSR count). The van der Waals surface area contributed by atoms with Crippen LogP contribution in [0.5, 0.6) is 0 Å². The third kappa shape index (κ3) is 3.30. The fourth-order valence-electron chi connectivity index (χ4n) is 2.88. The minimum absolute atomic E-state index is 0.633. The minimum Gasteiger partial charge on any atom is -0.441 e. The Morgan fingerprint density at radius 1 is 1.29 bits per heavy atom. The van der Waals surface area contributed by atoms with Gasteiger partial charge in [-0.3, -0.25) is 4.90 Å². The van der Waals surface area contributed by atoms with E-state index in [1.54, 1.807) is 0 Å². The summed E-state index contributed by atoms with van der Waals surface area (Å²) in [4.78, 5) is 7.19. The standard InChI is InChI=1S/C17H21ClN2O/c1-12-5-3-4-10-20(12)11-16-13(2)21-17(19-16)14-6-8-15(18)9-7-14/h6-9,12H,3-5,10-11H2,1-2H3. The predicted molar refractivity (Wildman–Crippen MR) is 85.4 cm³/mol. The van der Waals surface area contributed by atoms with Crippen molar-refractivity contribution in [2.75, 3.05) is 6.54 Å². The first-order valence-electron chi connectivity index (χ1n) is 7.60. The van der Waals surface area contributed by atoms with Crippen molar-refractivity contribution in [2.45, 2.75) is 45.7 Å². The van der Waals surface area contributed by atoms with Crippen LogP contribution in [0.15, 0.2) is 28.7 Å². The van der Waals surface area contributed by atoms with Crippen molar-refractivity contribution < 1.29 is 4.42 Å². The van der Waals surface area contributed by atoms with Gasteiger partial charge in [0, 0.05) is 23.2 Å². The summed E-state index contributed by atoms with van der Waals surface area (Å²) in [6.07, 6.45) is 3.90. The number of aryl methyl sites for hydroxylation is 1. The molecule has 0 bridgehead atoms. The van der Waals surface area contributed by atoms with Gasteiger partial charge < -0.3 is 4.42 Å². The molecule has 2 heterocycles. The van der Waals surface area contributed by atoms with Gasteiger partial charge in [0.05, 0.1) is 5.69 Å². The molecule has 21 heavy (non-hydrogen) atoms. The number of piperidine rings is 1. The van der Waals surface area contributed by atoms with Gasteiger partial charge in [-0.1, -0.05) is 18.0 Å². The molecule has 1 unspecified atom stereocenters. The zero-order valence-corrected chi connectivity index (χ0v) is 13.4. The number of hydrogen-bond donors (Lipinski definition) is 0. The Morgan fingerprint density at radius 2 is 2.05 bits per heavy atom. The first-order valence-corrected chi connectivity index (χ1v) is 7.97.